The molecule has 0 atom stereocenters. The molecule has 0 amide bonds. The Hall–Kier alpha value is -1.51. The SMILES string of the molecule is CN(C)c1cc[n+]([B-](C2C=CC=C2)C(C)(C)C)cc1. The second kappa shape index (κ2) is 5.24. The molecule has 0 unspecified atom stereocenters. The molecule has 1 aromatic rings. The lowest BCUT2D eigenvalue weighted by Crippen LogP contribution is -2.57. The molecule has 19 heavy (non-hydrogen) atoms. The van der Waals surface area contributed by atoms with Gasteiger partial charge in [-0.1, -0.05) is 38.7 Å². The van der Waals surface area contributed by atoms with Crippen molar-refractivity contribution in [1.29, 1.82) is 0 Å². The Balaban J connectivity index is 2.33. The van der Waals surface area contributed by atoms with E-state index in [2.05, 4.69) is 93.1 Å². The van der Waals surface area contributed by atoms with Gasteiger partial charge in [0.2, 0.25) is 6.85 Å². The summed E-state index contributed by atoms with van der Waals surface area (Å²) in [6, 6.07) is 4.36. The van der Waals surface area contributed by atoms with Crippen LogP contribution in [0.25, 0.3) is 0 Å². The van der Waals surface area contributed by atoms with Crippen molar-refractivity contribution in [1.82, 2.24) is 0 Å². The molecule has 0 bridgehead atoms. The van der Waals surface area contributed by atoms with Gasteiger partial charge in [-0.05, 0) is 0 Å². The second-order valence-electron chi connectivity index (χ2n) is 6.56. The molecule has 0 spiro atoms. The maximum Gasteiger partial charge on any atom is 0.225 e. The van der Waals surface area contributed by atoms with Crippen LogP contribution in [0.4, 0.5) is 5.69 Å². The molecule has 0 aromatic carbocycles. The molecule has 1 aliphatic carbocycles. The summed E-state index contributed by atoms with van der Waals surface area (Å²) in [6.07, 6.45) is 13.3. The highest BCUT2D eigenvalue weighted by molar-refractivity contribution is 6.56. The van der Waals surface area contributed by atoms with Crippen molar-refractivity contribution in [3.63, 3.8) is 0 Å². The Kier molecular flexibility index (Phi) is 3.84. The Morgan fingerprint density at radius 3 is 2.00 bits per heavy atom. The first-order valence-electron chi connectivity index (χ1n) is 6.93. The van der Waals surface area contributed by atoms with Gasteiger partial charge in [-0.15, -0.1) is 17.5 Å². The topological polar surface area (TPSA) is 7.12 Å². The highest BCUT2D eigenvalue weighted by atomic mass is 15.1. The standard InChI is InChI=1S/C16H24BN2/c1-16(2,3)17(14-8-6-7-9-14)19-12-10-15(11-13-19)18(4)5/h6-14H,1-5H3. The summed E-state index contributed by atoms with van der Waals surface area (Å²) < 4.78 is 2.34. The van der Waals surface area contributed by atoms with Crippen molar-refractivity contribution >= 4 is 12.5 Å². The molecule has 0 fully saturated rings. The Morgan fingerprint density at radius 1 is 1.05 bits per heavy atom. The molecular weight excluding hydrogens is 231 g/mol. The third-order valence-electron chi connectivity index (χ3n) is 3.70. The van der Waals surface area contributed by atoms with E-state index >= 15 is 0 Å². The van der Waals surface area contributed by atoms with Gasteiger partial charge in [0.15, 0.2) is 0 Å². The molecule has 1 radical (unpaired) electrons. The monoisotopic (exact) mass is 255 g/mol. The van der Waals surface area contributed by atoms with E-state index in [-0.39, 0.29) is 5.31 Å². The minimum atomic E-state index is 0.216. The number of hydrogen-bond donors (Lipinski definition) is 0. The van der Waals surface area contributed by atoms with Crippen molar-refractivity contribution in [3.05, 3.63) is 48.8 Å². The van der Waals surface area contributed by atoms with E-state index in [1.54, 1.807) is 0 Å². The predicted molar refractivity (Wildman–Crippen MR) is 83.9 cm³/mol. The normalized spacial score (nSPS) is 15.5. The van der Waals surface area contributed by atoms with Crippen LogP contribution in [0.2, 0.25) is 11.1 Å². The molecule has 2 nitrogen and oxygen atoms in total. The van der Waals surface area contributed by atoms with Gasteiger partial charge in [-0.25, -0.2) is 0 Å². The highest BCUT2D eigenvalue weighted by Gasteiger charge is 2.31. The van der Waals surface area contributed by atoms with E-state index in [0.717, 1.165) is 0 Å². The summed E-state index contributed by atoms with van der Waals surface area (Å²) in [4.78, 5) is 2.13. The van der Waals surface area contributed by atoms with E-state index in [1.165, 1.54) is 5.69 Å². The van der Waals surface area contributed by atoms with Crippen molar-refractivity contribution in [2.75, 3.05) is 19.0 Å². The van der Waals surface area contributed by atoms with Crippen molar-refractivity contribution in [2.45, 2.75) is 31.9 Å². The number of nitrogens with zero attached hydrogens (tertiary/aromatic N) is 2. The van der Waals surface area contributed by atoms with E-state index in [1.807, 2.05) is 0 Å². The fourth-order valence-electron chi connectivity index (χ4n) is 2.80. The Morgan fingerprint density at radius 2 is 1.58 bits per heavy atom. The average molecular weight is 255 g/mol. The first-order chi connectivity index (χ1) is 8.89. The molecule has 2 rings (SSSR count). The number of hydrogen-bond acceptors (Lipinski definition) is 1. The van der Waals surface area contributed by atoms with Gasteiger partial charge in [0, 0.05) is 31.9 Å². The van der Waals surface area contributed by atoms with E-state index in [4.69, 9.17) is 0 Å². The Bertz CT molecular complexity index is 468. The maximum atomic E-state index is 2.34. The van der Waals surface area contributed by atoms with Gasteiger partial charge in [-0.2, -0.15) is 0 Å². The van der Waals surface area contributed by atoms with E-state index in [0.29, 0.717) is 12.7 Å². The van der Waals surface area contributed by atoms with E-state index < -0.39 is 0 Å². The van der Waals surface area contributed by atoms with Gasteiger partial charge in [0.25, 0.3) is 0 Å². The fraction of sp³-hybridized carbons (Fsp3) is 0.438. The van der Waals surface area contributed by atoms with Crippen LogP contribution in [0, 0.1) is 0 Å². The number of rotatable bonds is 3. The summed E-state index contributed by atoms with van der Waals surface area (Å²) in [6.45, 7) is 7.37. The Labute approximate surface area is 117 Å². The zero-order valence-corrected chi connectivity index (χ0v) is 12.7. The zero-order chi connectivity index (χ0) is 14.0. The number of anilines is 1. The van der Waals surface area contributed by atoms with Crippen LogP contribution in [0.1, 0.15) is 20.8 Å². The van der Waals surface area contributed by atoms with Crippen molar-refractivity contribution < 1.29 is 4.48 Å². The van der Waals surface area contributed by atoms with Crippen LogP contribution in [0.3, 0.4) is 0 Å². The quantitative estimate of drug-likeness (QED) is 0.752. The second-order valence-corrected chi connectivity index (χ2v) is 6.56. The summed E-state index contributed by atoms with van der Waals surface area (Å²) >= 11 is 0. The molecule has 0 aliphatic heterocycles. The molecule has 3 heteroatoms. The van der Waals surface area contributed by atoms with Crippen LogP contribution < -0.4 is 9.38 Å². The minimum absolute atomic E-state index is 0.216. The average Bonchev–Trinajstić information content (AvgIpc) is 2.81. The lowest BCUT2D eigenvalue weighted by atomic mass is 9.37. The number of pyridine rings is 1. The van der Waals surface area contributed by atoms with Crippen LogP contribution >= 0.6 is 0 Å². The van der Waals surface area contributed by atoms with Crippen LogP contribution in [0.15, 0.2) is 48.8 Å². The maximum absolute atomic E-state index is 2.34. The van der Waals surface area contributed by atoms with Crippen LogP contribution in [-0.2, 0) is 0 Å². The third-order valence-corrected chi connectivity index (χ3v) is 3.70. The summed E-state index contributed by atoms with van der Waals surface area (Å²) in [5.41, 5.74) is 1.24. The highest BCUT2D eigenvalue weighted by Crippen LogP contribution is 2.35. The first kappa shape index (κ1) is 13.9. The van der Waals surface area contributed by atoms with Crippen molar-refractivity contribution in [2.24, 2.45) is 0 Å². The van der Waals surface area contributed by atoms with Crippen LogP contribution in [0.5, 0.6) is 0 Å². The van der Waals surface area contributed by atoms with Gasteiger partial charge >= 0.3 is 0 Å². The predicted octanol–water partition coefficient (Wildman–Crippen LogP) is 3.18. The molecule has 0 saturated heterocycles. The van der Waals surface area contributed by atoms with Crippen molar-refractivity contribution in [3.8, 4) is 0 Å². The van der Waals surface area contributed by atoms with Gasteiger partial charge in [0.05, 0.1) is 0 Å². The number of aromatic nitrogens is 1. The summed E-state index contributed by atoms with van der Waals surface area (Å²) in [5, 5.41) is 0.216. The van der Waals surface area contributed by atoms with Gasteiger partial charge in [0.1, 0.15) is 12.4 Å². The largest absolute Gasteiger partial charge is 0.448 e. The fourth-order valence-corrected chi connectivity index (χ4v) is 2.80. The van der Waals surface area contributed by atoms with E-state index in [9.17, 15) is 0 Å². The molecule has 1 aromatic heterocycles. The number of allylic oxidation sites excluding steroid dienone is 4. The molecule has 101 valence electrons. The molecule has 0 N–H and O–H groups in total. The molecular formula is C16H24BN2. The smallest absolute Gasteiger partial charge is 0.225 e. The zero-order valence-electron chi connectivity index (χ0n) is 12.7. The third kappa shape index (κ3) is 3.09. The molecule has 1 heterocycles. The molecule has 1 aliphatic rings. The van der Waals surface area contributed by atoms with Gasteiger partial charge < -0.3 is 9.38 Å². The summed E-state index contributed by atoms with van der Waals surface area (Å²) in [5.74, 6) is 0.482. The lowest BCUT2D eigenvalue weighted by molar-refractivity contribution is -0.542. The lowest BCUT2D eigenvalue weighted by Gasteiger charge is -2.37. The van der Waals surface area contributed by atoms with Crippen LogP contribution in [-0.4, -0.2) is 20.9 Å². The summed E-state index contributed by atoms with van der Waals surface area (Å²) in [7, 11) is 4.15. The molecule has 0 saturated carbocycles. The van der Waals surface area contributed by atoms with Gasteiger partial charge in [-0.3, -0.25) is 0 Å². The first-order valence-corrected chi connectivity index (χ1v) is 6.93. The minimum Gasteiger partial charge on any atom is -0.448 e.